The van der Waals surface area contributed by atoms with Gasteiger partial charge in [-0.15, -0.1) is 12.4 Å². The van der Waals surface area contributed by atoms with Gasteiger partial charge in [0.2, 0.25) is 5.76 Å². The number of allylic oxidation sites excluding steroid dienone is 1. The minimum Gasteiger partial charge on any atom is -0.465 e. The van der Waals surface area contributed by atoms with E-state index in [1.807, 2.05) is 0 Å². The molecule has 4 heteroatoms. The Labute approximate surface area is 58.6 Å². The summed E-state index contributed by atoms with van der Waals surface area (Å²) in [6, 6.07) is 1.77. The van der Waals surface area contributed by atoms with Gasteiger partial charge in [-0.2, -0.15) is 5.26 Å². The number of hydrogen-bond donors (Lipinski definition) is 0. The maximum atomic E-state index is 8.13. The van der Waals surface area contributed by atoms with Gasteiger partial charge in [0, 0.05) is 0 Å². The van der Waals surface area contributed by atoms with E-state index in [4.69, 9.17) is 5.26 Å². The quantitative estimate of drug-likeness (QED) is 0.516. The van der Waals surface area contributed by atoms with Gasteiger partial charge in [0.05, 0.1) is 0 Å². The summed E-state index contributed by atoms with van der Waals surface area (Å²) in [4.78, 5) is 0. The van der Waals surface area contributed by atoms with E-state index in [-0.39, 0.29) is 18.2 Å². The standard InChI is InChI=1S/C5H3NO2.ClH/c6-3-5-4-7-1-2-8-5;/h1-2,4H;1H. The second-order valence-corrected chi connectivity index (χ2v) is 1.12. The largest absolute Gasteiger partial charge is 0.465 e. The van der Waals surface area contributed by atoms with Crippen LogP contribution < -0.4 is 0 Å². The summed E-state index contributed by atoms with van der Waals surface area (Å²) in [6.45, 7) is 0. The molecule has 0 saturated carbocycles. The van der Waals surface area contributed by atoms with Crippen molar-refractivity contribution in [3.8, 4) is 6.07 Å². The summed E-state index contributed by atoms with van der Waals surface area (Å²) in [7, 11) is 0. The topological polar surface area (TPSA) is 42.2 Å². The number of ether oxygens (including phenoxy) is 2. The second-order valence-electron chi connectivity index (χ2n) is 1.12. The molecule has 0 fully saturated rings. The van der Waals surface area contributed by atoms with Crippen molar-refractivity contribution in [1.29, 1.82) is 5.26 Å². The minimum absolute atomic E-state index is 0. The Morgan fingerprint density at radius 1 is 1.44 bits per heavy atom. The van der Waals surface area contributed by atoms with Crippen LogP contribution in [0.3, 0.4) is 0 Å². The fraction of sp³-hybridized carbons (Fsp3) is 0. The van der Waals surface area contributed by atoms with Crippen molar-refractivity contribution in [2.24, 2.45) is 0 Å². The second kappa shape index (κ2) is 3.81. The molecule has 9 heavy (non-hydrogen) atoms. The molecule has 0 atom stereocenters. The van der Waals surface area contributed by atoms with Crippen LogP contribution in [0.5, 0.6) is 0 Å². The minimum atomic E-state index is 0. The van der Waals surface area contributed by atoms with Gasteiger partial charge in [0.15, 0.2) is 0 Å². The van der Waals surface area contributed by atoms with E-state index in [2.05, 4.69) is 9.47 Å². The highest BCUT2D eigenvalue weighted by atomic mass is 35.5. The zero-order valence-corrected chi connectivity index (χ0v) is 5.22. The van der Waals surface area contributed by atoms with Crippen molar-refractivity contribution in [3.05, 3.63) is 24.5 Å². The Hall–Kier alpha value is -1.14. The molecule has 0 unspecified atom stereocenters. The maximum absolute atomic E-state index is 8.13. The van der Waals surface area contributed by atoms with E-state index in [1.165, 1.54) is 18.8 Å². The Bertz CT molecular complexity index is 180. The van der Waals surface area contributed by atoms with Crippen LogP contribution in [0.15, 0.2) is 24.5 Å². The molecule has 0 radical (unpaired) electrons. The lowest BCUT2D eigenvalue weighted by Gasteiger charge is -1.99. The molecule has 0 aliphatic carbocycles. The smallest absolute Gasteiger partial charge is 0.238 e. The molecular weight excluding hydrogens is 142 g/mol. The van der Waals surface area contributed by atoms with E-state index in [0.717, 1.165) is 0 Å². The van der Waals surface area contributed by atoms with Crippen LogP contribution in [0.25, 0.3) is 0 Å². The van der Waals surface area contributed by atoms with E-state index in [0.29, 0.717) is 0 Å². The average molecular weight is 146 g/mol. The van der Waals surface area contributed by atoms with E-state index in [9.17, 15) is 0 Å². The molecule has 0 amide bonds. The van der Waals surface area contributed by atoms with Crippen molar-refractivity contribution in [3.63, 3.8) is 0 Å². The van der Waals surface area contributed by atoms with Crippen LogP contribution in [-0.2, 0) is 9.47 Å². The van der Waals surface area contributed by atoms with Crippen LogP contribution in [0.1, 0.15) is 0 Å². The van der Waals surface area contributed by atoms with Gasteiger partial charge in [-0.3, -0.25) is 0 Å². The molecule has 0 saturated heterocycles. The zero-order valence-electron chi connectivity index (χ0n) is 4.40. The van der Waals surface area contributed by atoms with Crippen molar-refractivity contribution in [2.45, 2.75) is 0 Å². The number of nitrogens with zero attached hydrogens (tertiary/aromatic N) is 1. The average Bonchev–Trinajstić information content (AvgIpc) is 1.90. The van der Waals surface area contributed by atoms with Gasteiger partial charge in [-0.1, -0.05) is 0 Å². The lowest BCUT2D eigenvalue weighted by atomic mass is 10.6. The molecule has 48 valence electrons. The first kappa shape index (κ1) is 7.86. The molecule has 0 spiro atoms. The molecule has 0 aromatic heterocycles. The SMILES string of the molecule is Cl.N#CC1=COC=CO1. The zero-order chi connectivity index (χ0) is 5.82. The molecule has 0 aromatic carbocycles. The Morgan fingerprint density at radius 2 is 2.22 bits per heavy atom. The molecule has 0 aromatic rings. The molecule has 1 heterocycles. The predicted molar refractivity (Wildman–Crippen MR) is 32.3 cm³/mol. The van der Waals surface area contributed by atoms with E-state index in [1.54, 1.807) is 6.07 Å². The highest BCUT2D eigenvalue weighted by Crippen LogP contribution is 2.01. The number of nitriles is 1. The van der Waals surface area contributed by atoms with E-state index < -0.39 is 0 Å². The third-order valence-corrected chi connectivity index (χ3v) is 0.614. The molecule has 0 N–H and O–H groups in total. The first-order valence-electron chi connectivity index (χ1n) is 2.01. The maximum Gasteiger partial charge on any atom is 0.238 e. The van der Waals surface area contributed by atoms with Crippen LogP contribution in [0, 0.1) is 11.3 Å². The van der Waals surface area contributed by atoms with Crippen molar-refractivity contribution >= 4 is 12.4 Å². The summed E-state index contributed by atoms with van der Waals surface area (Å²) >= 11 is 0. The Balaban J connectivity index is 0.000000640. The van der Waals surface area contributed by atoms with E-state index >= 15 is 0 Å². The summed E-state index contributed by atoms with van der Waals surface area (Å²) in [5.41, 5.74) is 0. The first-order valence-corrected chi connectivity index (χ1v) is 2.01. The van der Waals surface area contributed by atoms with Crippen LogP contribution in [-0.4, -0.2) is 0 Å². The predicted octanol–water partition coefficient (Wildman–Crippen LogP) is 1.29. The molecule has 0 bridgehead atoms. The Kier molecular flexibility index (Phi) is 3.33. The normalized spacial score (nSPS) is 13.4. The molecule has 3 nitrogen and oxygen atoms in total. The summed E-state index contributed by atoms with van der Waals surface area (Å²) in [6.07, 6.45) is 3.89. The number of hydrogen-bond acceptors (Lipinski definition) is 3. The third kappa shape index (κ3) is 2.06. The molecule has 1 aliphatic heterocycles. The van der Waals surface area contributed by atoms with Gasteiger partial charge in [-0.25, -0.2) is 0 Å². The van der Waals surface area contributed by atoms with Crippen molar-refractivity contribution in [1.82, 2.24) is 0 Å². The number of halogens is 1. The Morgan fingerprint density at radius 3 is 2.56 bits per heavy atom. The van der Waals surface area contributed by atoms with Crippen LogP contribution in [0.4, 0.5) is 0 Å². The van der Waals surface area contributed by atoms with Gasteiger partial charge < -0.3 is 9.47 Å². The summed E-state index contributed by atoms with van der Waals surface area (Å²) in [5, 5.41) is 8.13. The van der Waals surface area contributed by atoms with Gasteiger partial charge in [-0.05, 0) is 0 Å². The fourth-order valence-corrected chi connectivity index (χ4v) is 0.315. The summed E-state index contributed by atoms with van der Waals surface area (Å²) in [5.74, 6) is 0.174. The molecular formula is C5H4ClNO2. The van der Waals surface area contributed by atoms with Gasteiger partial charge in [0.25, 0.3) is 0 Å². The van der Waals surface area contributed by atoms with Crippen LogP contribution >= 0.6 is 12.4 Å². The third-order valence-electron chi connectivity index (χ3n) is 0.614. The lowest BCUT2D eigenvalue weighted by Crippen LogP contribution is -1.86. The highest BCUT2D eigenvalue weighted by Gasteiger charge is 1.95. The van der Waals surface area contributed by atoms with Gasteiger partial charge >= 0.3 is 0 Å². The summed E-state index contributed by atoms with van der Waals surface area (Å²) < 4.78 is 9.20. The van der Waals surface area contributed by atoms with Gasteiger partial charge in [0.1, 0.15) is 24.9 Å². The van der Waals surface area contributed by atoms with Crippen molar-refractivity contribution in [2.75, 3.05) is 0 Å². The number of rotatable bonds is 0. The fourth-order valence-electron chi connectivity index (χ4n) is 0.315. The monoisotopic (exact) mass is 145 g/mol. The van der Waals surface area contributed by atoms with Crippen LogP contribution in [0.2, 0.25) is 0 Å². The lowest BCUT2D eigenvalue weighted by molar-refractivity contribution is 0.271. The highest BCUT2D eigenvalue weighted by molar-refractivity contribution is 5.85. The first-order chi connectivity index (χ1) is 3.93. The molecule has 1 rings (SSSR count). The van der Waals surface area contributed by atoms with Crippen molar-refractivity contribution < 1.29 is 9.47 Å². The molecule has 1 aliphatic rings.